The van der Waals surface area contributed by atoms with Crippen LogP contribution in [-0.2, 0) is 20.4 Å². The van der Waals surface area contributed by atoms with Crippen LogP contribution in [-0.4, -0.2) is 30.8 Å². The molecule has 3 aromatic rings. The fraction of sp³-hybridized carbons (Fsp3) is 0.222. The number of carbonyl (C=O) groups excluding carboxylic acids is 1. The number of benzene rings is 2. The molecule has 1 heterocycles. The molecule has 0 saturated heterocycles. The summed E-state index contributed by atoms with van der Waals surface area (Å²) in [6.45, 7) is 1.86. The van der Waals surface area contributed by atoms with E-state index in [1.54, 1.807) is 23.9 Å². The highest BCUT2D eigenvalue weighted by Gasteiger charge is 2.16. The van der Waals surface area contributed by atoms with Gasteiger partial charge in [0.25, 0.3) is 0 Å². The highest BCUT2D eigenvalue weighted by atomic mass is 32.2. The lowest BCUT2D eigenvalue weighted by Gasteiger charge is -2.10. The summed E-state index contributed by atoms with van der Waals surface area (Å²) in [4.78, 5) is 17.0. The Kier molecular flexibility index (Phi) is 5.64. The van der Waals surface area contributed by atoms with Crippen molar-refractivity contribution in [2.45, 2.75) is 22.8 Å². The van der Waals surface area contributed by atoms with Crippen molar-refractivity contribution < 1.29 is 13.2 Å². The largest absolute Gasteiger partial charge is 0.301 e. The predicted octanol–water partition coefficient (Wildman–Crippen LogP) is 3.96. The zero-order valence-electron chi connectivity index (χ0n) is 14.3. The third kappa shape index (κ3) is 4.63. The van der Waals surface area contributed by atoms with Crippen LogP contribution in [0.4, 0.5) is 5.13 Å². The van der Waals surface area contributed by atoms with Gasteiger partial charge in [-0.3, -0.25) is 4.79 Å². The molecule has 0 aliphatic rings. The van der Waals surface area contributed by atoms with E-state index in [1.165, 1.54) is 29.2 Å². The van der Waals surface area contributed by atoms with E-state index in [0.29, 0.717) is 10.6 Å². The third-order valence-corrected chi connectivity index (χ3v) is 6.99. The van der Waals surface area contributed by atoms with Gasteiger partial charge in [0.05, 0.1) is 20.4 Å². The Morgan fingerprint density at radius 2 is 1.96 bits per heavy atom. The number of fused-ring (bicyclic) bond motifs is 1. The Morgan fingerprint density at radius 1 is 1.23 bits per heavy atom. The van der Waals surface area contributed by atoms with Crippen molar-refractivity contribution in [2.75, 3.05) is 11.6 Å². The molecule has 26 heavy (non-hydrogen) atoms. The zero-order valence-corrected chi connectivity index (χ0v) is 16.7. The van der Waals surface area contributed by atoms with Crippen LogP contribution in [0, 0.1) is 0 Å². The van der Waals surface area contributed by atoms with Crippen LogP contribution in [0.1, 0.15) is 12.5 Å². The van der Waals surface area contributed by atoms with Crippen molar-refractivity contribution in [1.29, 1.82) is 0 Å². The number of thioether (sulfide) groups is 1. The van der Waals surface area contributed by atoms with Crippen molar-refractivity contribution in [3.8, 4) is 0 Å². The first kappa shape index (κ1) is 18.9. The minimum Gasteiger partial charge on any atom is -0.301 e. The number of thiazole rings is 1. The highest BCUT2D eigenvalue weighted by molar-refractivity contribution is 7.99. The molecule has 5 nitrogen and oxygen atoms in total. The Labute approximate surface area is 160 Å². The van der Waals surface area contributed by atoms with Gasteiger partial charge in [0, 0.05) is 12.0 Å². The van der Waals surface area contributed by atoms with Gasteiger partial charge in [-0.25, -0.2) is 13.4 Å². The van der Waals surface area contributed by atoms with E-state index in [2.05, 4.69) is 10.3 Å². The molecular weight excluding hydrogens is 388 g/mol. The molecule has 3 rings (SSSR count). The zero-order chi connectivity index (χ0) is 18.7. The first-order valence-electron chi connectivity index (χ1n) is 7.90. The summed E-state index contributed by atoms with van der Waals surface area (Å²) in [5.74, 6) is 0.640. The van der Waals surface area contributed by atoms with Gasteiger partial charge in [-0.15, -0.1) is 11.8 Å². The van der Waals surface area contributed by atoms with E-state index >= 15 is 0 Å². The van der Waals surface area contributed by atoms with Crippen molar-refractivity contribution in [1.82, 2.24) is 4.98 Å². The fourth-order valence-corrected chi connectivity index (χ4v) is 4.74. The number of sulfone groups is 1. The molecule has 8 heteroatoms. The summed E-state index contributed by atoms with van der Waals surface area (Å²) < 4.78 is 24.0. The number of nitrogens with zero attached hydrogens (tertiary/aromatic N) is 1. The van der Waals surface area contributed by atoms with E-state index < -0.39 is 9.84 Å². The second-order valence-corrected chi connectivity index (χ2v) is 10.2. The summed E-state index contributed by atoms with van der Waals surface area (Å²) in [6.07, 6.45) is 1.17. The fourth-order valence-electron chi connectivity index (χ4n) is 2.27. The van der Waals surface area contributed by atoms with Crippen LogP contribution in [0.25, 0.3) is 10.2 Å². The van der Waals surface area contributed by atoms with Gasteiger partial charge < -0.3 is 5.32 Å². The molecular formula is C18H18N2O3S3. The molecule has 0 saturated carbocycles. The van der Waals surface area contributed by atoms with Crippen LogP contribution in [0.5, 0.6) is 0 Å². The van der Waals surface area contributed by atoms with Crippen LogP contribution in [0.2, 0.25) is 0 Å². The first-order valence-corrected chi connectivity index (χ1v) is 11.7. The molecule has 1 unspecified atom stereocenters. The minimum absolute atomic E-state index is 0.117. The van der Waals surface area contributed by atoms with Gasteiger partial charge in [-0.05, 0) is 30.7 Å². The van der Waals surface area contributed by atoms with Crippen LogP contribution in [0.3, 0.4) is 0 Å². The van der Waals surface area contributed by atoms with Gasteiger partial charge in [0.15, 0.2) is 15.0 Å². The third-order valence-electron chi connectivity index (χ3n) is 3.73. The van der Waals surface area contributed by atoms with Crippen molar-refractivity contribution in [2.24, 2.45) is 0 Å². The topological polar surface area (TPSA) is 76.1 Å². The molecule has 1 amide bonds. The summed E-state index contributed by atoms with van der Waals surface area (Å²) in [5, 5.41) is 3.07. The van der Waals surface area contributed by atoms with Gasteiger partial charge in [-0.2, -0.15) is 0 Å². The number of hydrogen-bond acceptors (Lipinski definition) is 6. The number of nitrogens with one attached hydrogen (secondary N) is 1. The van der Waals surface area contributed by atoms with Crippen LogP contribution < -0.4 is 5.32 Å². The summed E-state index contributed by atoms with van der Waals surface area (Å²) >= 11 is 2.83. The average Bonchev–Trinajstić information content (AvgIpc) is 3.01. The standard InChI is InChI=1S/C18H18N2O3S3/c1-12(24-11-13-6-4-3-5-7-13)17(21)20-18-19-15-9-8-14(26(2,22)23)10-16(15)25-18/h3-10,12H,11H2,1-2H3,(H,19,20,21). The number of carbonyl (C=O) groups is 1. The lowest BCUT2D eigenvalue weighted by atomic mass is 10.2. The van der Waals surface area contributed by atoms with Gasteiger partial charge in [0.1, 0.15) is 0 Å². The molecule has 0 aliphatic heterocycles. The minimum atomic E-state index is -3.27. The maximum Gasteiger partial charge on any atom is 0.238 e. The lowest BCUT2D eigenvalue weighted by Crippen LogP contribution is -2.22. The number of anilines is 1. The maximum absolute atomic E-state index is 12.4. The SMILES string of the molecule is CC(SCc1ccccc1)C(=O)Nc1nc2ccc(S(C)(=O)=O)cc2s1. The molecule has 136 valence electrons. The van der Waals surface area contributed by atoms with Gasteiger partial charge in [-0.1, -0.05) is 41.7 Å². The maximum atomic E-state index is 12.4. The number of aromatic nitrogens is 1. The molecule has 1 aromatic heterocycles. The van der Waals surface area contributed by atoms with E-state index in [-0.39, 0.29) is 16.1 Å². The summed E-state index contributed by atoms with van der Waals surface area (Å²) in [5.41, 5.74) is 1.84. The second-order valence-electron chi connectivity index (χ2n) is 5.85. The van der Waals surface area contributed by atoms with Crippen LogP contribution >= 0.6 is 23.1 Å². The number of hydrogen-bond donors (Lipinski definition) is 1. The Balaban J connectivity index is 1.66. The van der Waals surface area contributed by atoms with E-state index in [1.807, 2.05) is 37.3 Å². The smallest absolute Gasteiger partial charge is 0.238 e. The van der Waals surface area contributed by atoms with E-state index in [0.717, 1.165) is 10.5 Å². The van der Waals surface area contributed by atoms with Crippen molar-refractivity contribution in [3.63, 3.8) is 0 Å². The highest BCUT2D eigenvalue weighted by Crippen LogP contribution is 2.29. The normalized spacial score (nSPS) is 12.8. The Hall–Kier alpha value is -1.90. The molecule has 2 aromatic carbocycles. The lowest BCUT2D eigenvalue weighted by molar-refractivity contribution is -0.115. The van der Waals surface area contributed by atoms with E-state index in [9.17, 15) is 13.2 Å². The molecule has 0 aliphatic carbocycles. The predicted molar refractivity (Wildman–Crippen MR) is 109 cm³/mol. The number of rotatable bonds is 6. The van der Waals surface area contributed by atoms with Gasteiger partial charge >= 0.3 is 0 Å². The van der Waals surface area contributed by atoms with Crippen molar-refractivity contribution in [3.05, 3.63) is 54.1 Å². The molecule has 0 bridgehead atoms. The molecule has 0 radical (unpaired) electrons. The summed E-state index contributed by atoms with van der Waals surface area (Å²) in [7, 11) is -3.27. The number of amides is 1. The van der Waals surface area contributed by atoms with Gasteiger partial charge in [0.2, 0.25) is 5.91 Å². The molecule has 1 N–H and O–H groups in total. The second kappa shape index (κ2) is 7.77. The Bertz CT molecular complexity index is 1030. The van der Waals surface area contributed by atoms with E-state index in [4.69, 9.17) is 0 Å². The quantitative estimate of drug-likeness (QED) is 0.670. The molecule has 0 spiro atoms. The molecule has 0 fully saturated rings. The molecule has 1 atom stereocenters. The summed E-state index contributed by atoms with van der Waals surface area (Å²) in [6, 6.07) is 14.8. The first-order chi connectivity index (χ1) is 12.3. The van der Waals surface area contributed by atoms with Crippen molar-refractivity contribution >= 4 is 54.2 Å². The van der Waals surface area contributed by atoms with Crippen LogP contribution in [0.15, 0.2) is 53.4 Å². The Morgan fingerprint density at radius 3 is 2.65 bits per heavy atom. The average molecular weight is 407 g/mol. The monoisotopic (exact) mass is 406 g/mol.